The summed E-state index contributed by atoms with van der Waals surface area (Å²) in [5.41, 5.74) is 0. The molecule has 7 amide bonds. The molecular formula is C38H57N7O14. The Kier molecular flexibility index (Phi) is 21.9. The number of hydrogen-bond donors (Lipinski definition) is 8. The first kappa shape index (κ1) is 50.9. The Morgan fingerprint density at radius 2 is 1.29 bits per heavy atom. The first-order chi connectivity index (χ1) is 27.6. The van der Waals surface area contributed by atoms with E-state index in [1.54, 1.807) is 34.6 Å². The lowest BCUT2D eigenvalue weighted by Gasteiger charge is -2.33. The fourth-order valence-electron chi connectivity index (χ4n) is 6.01. The molecule has 1 aliphatic heterocycles. The molecule has 21 heteroatoms. The molecule has 0 spiro atoms. The molecule has 0 radical (unpaired) electrons. The highest BCUT2D eigenvalue weighted by molar-refractivity contribution is 6.38. The second-order valence-electron chi connectivity index (χ2n) is 14.6. The van der Waals surface area contributed by atoms with Gasteiger partial charge >= 0.3 is 17.9 Å². The first-order valence-electron chi connectivity index (χ1n) is 19.3. The van der Waals surface area contributed by atoms with E-state index in [0.717, 1.165) is 6.92 Å². The number of rotatable bonds is 25. The van der Waals surface area contributed by atoms with E-state index in [1.807, 2.05) is 0 Å². The van der Waals surface area contributed by atoms with Gasteiger partial charge in [-0.1, -0.05) is 47.0 Å². The highest BCUT2D eigenvalue weighted by Gasteiger charge is 2.41. The number of hydrogen-bond acceptors (Lipinski definition) is 12. The van der Waals surface area contributed by atoms with Gasteiger partial charge < -0.3 is 51.8 Å². The summed E-state index contributed by atoms with van der Waals surface area (Å²) in [5, 5.41) is 32.8. The van der Waals surface area contributed by atoms with Crippen molar-refractivity contribution in [2.75, 3.05) is 19.7 Å². The maximum Gasteiger partial charge on any atom is 0.326 e. The van der Waals surface area contributed by atoms with Crippen LogP contribution < -0.4 is 31.9 Å². The Morgan fingerprint density at radius 3 is 1.80 bits per heavy atom. The molecule has 8 N–H and O–H groups in total. The van der Waals surface area contributed by atoms with Gasteiger partial charge in [-0.25, -0.2) is 0 Å². The summed E-state index contributed by atoms with van der Waals surface area (Å²) in [5.74, 6) is -9.45. The highest BCUT2D eigenvalue weighted by Crippen LogP contribution is 2.21. The SMILES string of the molecule is C#CCOC(=O)CNC(=O)C(=O)C(CCC)NC(=O)C1CCCN1C(=O)C(NC(=O)C(NC(=O)C(CCC(=O)O)NC(=O)C(CCC(=O)O)NC(C)=O)C(C)C)C(C)C. The van der Waals surface area contributed by atoms with E-state index < -0.39 is 139 Å². The van der Waals surface area contributed by atoms with Gasteiger partial charge in [0.25, 0.3) is 5.91 Å². The number of Topliss-reactive ketones (excluding diaryl/α,β-unsaturated/α-hetero) is 1. The standard InChI is InChI=1S/C38H57N7O14/c1-8-11-23(32(52)37(57)39-19-29(51)59-18-9-2)41-35(55)26-12-10-17-45(26)38(58)31(21(5)6)44-36(56)30(20(3)4)43-34(54)25(14-16-28(49)50)42-33(53)24(40-22(7)46)13-15-27(47)48/h2,20-21,23-26,30-31H,8,10-19H2,1,3-7H3,(H,39,57)(H,40,46)(H,41,55)(H,42,53)(H,43,54)(H,44,56)(H,47,48)(H,49,50). The average molecular weight is 836 g/mol. The van der Waals surface area contributed by atoms with Gasteiger partial charge in [-0.05, 0) is 43.9 Å². The molecule has 59 heavy (non-hydrogen) atoms. The number of carboxylic acids is 2. The van der Waals surface area contributed by atoms with Gasteiger partial charge in [-0.3, -0.25) is 52.7 Å². The zero-order valence-corrected chi connectivity index (χ0v) is 34.2. The quantitative estimate of drug-likeness (QED) is 0.0284. The van der Waals surface area contributed by atoms with Crippen LogP contribution in [0.3, 0.4) is 0 Å². The summed E-state index contributed by atoms with van der Waals surface area (Å²) in [4.78, 5) is 141. The van der Waals surface area contributed by atoms with E-state index in [-0.39, 0.29) is 32.4 Å². The van der Waals surface area contributed by atoms with E-state index in [1.165, 1.54) is 4.90 Å². The number of likely N-dealkylation sites (tertiary alicyclic amines) is 1. The third-order valence-corrected chi connectivity index (χ3v) is 9.08. The van der Waals surface area contributed by atoms with Crippen molar-refractivity contribution in [2.24, 2.45) is 11.8 Å². The topological polar surface area (TPSA) is 313 Å². The molecular weight excluding hydrogens is 778 g/mol. The molecule has 0 aliphatic carbocycles. The molecule has 0 aromatic carbocycles. The van der Waals surface area contributed by atoms with Gasteiger partial charge in [0, 0.05) is 26.3 Å². The molecule has 0 aromatic rings. The molecule has 1 saturated heterocycles. The number of amides is 7. The predicted molar refractivity (Wildman–Crippen MR) is 206 cm³/mol. The second kappa shape index (κ2) is 25.3. The predicted octanol–water partition coefficient (Wildman–Crippen LogP) is -1.88. The molecule has 0 aromatic heterocycles. The number of esters is 1. The number of carbonyl (C=O) groups excluding carboxylic acids is 9. The number of aliphatic carboxylic acids is 2. The summed E-state index contributed by atoms with van der Waals surface area (Å²) in [7, 11) is 0. The highest BCUT2D eigenvalue weighted by atomic mass is 16.5. The Labute approximate surface area is 342 Å². The van der Waals surface area contributed by atoms with E-state index in [2.05, 4.69) is 42.6 Å². The normalized spacial score (nSPS) is 15.9. The lowest BCUT2D eigenvalue weighted by atomic mass is 9.98. The molecule has 0 bridgehead atoms. The number of nitrogens with zero attached hydrogens (tertiary/aromatic N) is 1. The average Bonchev–Trinajstić information content (AvgIpc) is 3.66. The molecule has 328 valence electrons. The van der Waals surface area contributed by atoms with Crippen LogP contribution in [-0.4, -0.2) is 136 Å². The molecule has 1 fully saturated rings. The van der Waals surface area contributed by atoms with Crippen LogP contribution in [0.4, 0.5) is 0 Å². The van der Waals surface area contributed by atoms with E-state index in [9.17, 15) is 57.8 Å². The molecule has 1 rings (SSSR count). The minimum absolute atomic E-state index is 0.0641. The second-order valence-corrected chi connectivity index (χ2v) is 14.6. The largest absolute Gasteiger partial charge is 0.481 e. The van der Waals surface area contributed by atoms with Gasteiger partial charge in [0.2, 0.25) is 41.2 Å². The number of nitrogens with one attached hydrogen (secondary N) is 6. The van der Waals surface area contributed by atoms with E-state index in [4.69, 9.17) is 11.5 Å². The van der Waals surface area contributed by atoms with Crippen molar-refractivity contribution in [3.8, 4) is 12.3 Å². The Balaban J connectivity index is 3.20. The Morgan fingerprint density at radius 1 is 0.746 bits per heavy atom. The monoisotopic (exact) mass is 835 g/mol. The van der Waals surface area contributed by atoms with E-state index >= 15 is 0 Å². The fraction of sp³-hybridized carbons (Fsp3) is 0.658. The molecule has 6 atom stereocenters. The zero-order valence-electron chi connectivity index (χ0n) is 34.2. The van der Waals surface area contributed by atoms with Crippen molar-refractivity contribution >= 4 is 65.0 Å². The summed E-state index contributed by atoms with van der Waals surface area (Å²) in [6, 6.07) is -7.83. The van der Waals surface area contributed by atoms with Crippen molar-refractivity contribution in [1.29, 1.82) is 0 Å². The smallest absolute Gasteiger partial charge is 0.326 e. The van der Waals surface area contributed by atoms with E-state index in [0.29, 0.717) is 12.8 Å². The van der Waals surface area contributed by atoms with Crippen LogP contribution in [-0.2, 0) is 57.5 Å². The van der Waals surface area contributed by atoms with Crippen molar-refractivity contribution in [3.05, 3.63) is 0 Å². The van der Waals surface area contributed by atoms with Crippen LogP contribution in [0.25, 0.3) is 0 Å². The maximum atomic E-state index is 14.0. The maximum absolute atomic E-state index is 14.0. The van der Waals surface area contributed by atoms with Crippen molar-refractivity contribution < 1.29 is 67.7 Å². The van der Waals surface area contributed by atoms with Crippen molar-refractivity contribution in [3.63, 3.8) is 0 Å². The van der Waals surface area contributed by atoms with Gasteiger partial charge in [-0.15, -0.1) is 6.42 Å². The molecule has 1 heterocycles. The number of ether oxygens (including phenoxy) is 1. The Hall–Kier alpha value is -6.07. The van der Waals surface area contributed by atoms with Gasteiger partial charge in [-0.2, -0.15) is 0 Å². The van der Waals surface area contributed by atoms with Crippen molar-refractivity contribution in [1.82, 2.24) is 36.8 Å². The van der Waals surface area contributed by atoms with Crippen LogP contribution >= 0.6 is 0 Å². The third-order valence-electron chi connectivity index (χ3n) is 9.08. The first-order valence-corrected chi connectivity index (χ1v) is 19.3. The minimum atomic E-state index is -1.54. The minimum Gasteiger partial charge on any atom is -0.481 e. The lowest BCUT2D eigenvalue weighted by Crippen LogP contribution is -2.61. The molecule has 1 aliphatic rings. The summed E-state index contributed by atoms with van der Waals surface area (Å²) in [6.45, 7) is 8.42. The van der Waals surface area contributed by atoms with Crippen LogP contribution in [0.5, 0.6) is 0 Å². The third kappa shape index (κ3) is 17.5. The van der Waals surface area contributed by atoms with Gasteiger partial charge in [0.1, 0.15) is 36.8 Å². The lowest BCUT2D eigenvalue weighted by molar-refractivity contribution is -0.145. The molecule has 0 saturated carbocycles. The van der Waals surface area contributed by atoms with Gasteiger partial charge in [0.15, 0.2) is 6.61 Å². The number of ketones is 1. The van der Waals surface area contributed by atoms with Crippen LogP contribution in [0, 0.1) is 24.2 Å². The van der Waals surface area contributed by atoms with Gasteiger partial charge in [0.05, 0.1) is 6.04 Å². The number of terminal acetylenes is 1. The zero-order chi connectivity index (χ0) is 45.0. The summed E-state index contributed by atoms with van der Waals surface area (Å²) >= 11 is 0. The van der Waals surface area contributed by atoms with Crippen LogP contribution in [0.1, 0.15) is 92.9 Å². The number of carboxylic acid groups (broad SMARTS) is 2. The summed E-state index contributed by atoms with van der Waals surface area (Å²) < 4.78 is 4.65. The Bertz CT molecular complexity index is 1620. The molecule has 6 unspecified atom stereocenters. The number of carbonyl (C=O) groups is 11. The molecule has 21 nitrogen and oxygen atoms in total. The van der Waals surface area contributed by atoms with Crippen molar-refractivity contribution in [2.45, 2.75) is 129 Å². The summed E-state index contributed by atoms with van der Waals surface area (Å²) in [6.07, 6.45) is 4.20. The fourth-order valence-corrected chi connectivity index (χ4v) is 6.01. The van der Waals surface area contributed by atoms with Crippen LogP contribution in [0.15, 0.2) is 0 Å². The van der Waals surface area contributed by atoms with Crippen LogP contribution in [0.2, 0.25) is 0 Å².